The summed E-state index contributed by atoms with van der Waals surface area (Å²) in [4.78, 5) is 1.66. The SMILES string of the molecule is Cl.Nc1c(Br)cc(Br)cc1[C@H](N1CCNCC1)C(F)(F)CO. The van der Waals surface area contributed by atoms with Gasteiger partial charge in [-0.25, -0.2) is 8.78 Å². The second-order valence-electron chi connectivity index (χ2n) is 5.00. The van der Waals surface area contributed by atoms with Gasteiger partial charge in [0.1, 0.15) is 12.6 Å². The smallest absolute Gasteiger partial charge is 0.289 e. The molecule has 2 rings (SSSR count). The maximum absolute atomic E-state index is 14.3. The summed E-state index contributed by atoms with van der Waals surface area (Å²) in [5, 5.41) is 12.3. The van der Waals surface area contributed by atoms with E-state index in [9.17, 15) is 8.78 Å². The molecule has 1 aliphatic heterocycles. The highest BCUT2D eigenvalue weighted by Gasteiger charge is 2.45. The van der Waals surface area contributed by atoms with Gasteiger partial charge < -0.3 is 16.2 Å². The summed E-state index contributed by atoms with van der Waals surface area (Å²) in [7, 11) is 0. The molecule has 0 amide bonds. The number of benzene rings is 1. The normalized spacial score (nSPS) is 17.9. The summed E-state index contributed by atoms with van der Waals surface area (Å²) < 4.78 is 29.9. The lowest BCUT2D eigenvalue weighted by Crippen LogP contribution is -2.51. The number of aliphatic hydroxyl groups excluding tert-OH is 1. The molecule has 0 saturated carbocycles. The van der Waals surface area contributed by atoms with Crippen LogP contribution in [0.25, 0.3) is 0 Å². The first-order valence-electron chi connectivity index (χ1n) is 6.54. The minimum Gasteiger partial charge on any atom is -0.398 e. The van der Waals surface area contributed by atoms with Crippen molar-refractivity contribution in [1.29, 1.82) is 0 Å². The van der Waals surface area contributed by atoms with Crippen molar-refractivity contribution in [2.75, 3.05) is 38.5 Å². The Balaban J connectivity index is 0.00000242. The third-order valence-corrected chi connectivity index (χ3v) is 4.66. The number of nitrogens with two attached hydrogens (primary N) is 1. The van der Waals surface area contributed by atoms with Crippen molar-refractivity contribution in [2.24, 2.45) is 0 Å². The average molecular weight is 466 g/mol. The molecule has 1 saturated heterocycles. The van der Waals surface area contributed by atoms with Gasteiger partial charge in [0.2, 0.25) is 0 Å². The maximum atomic E-state index is 14.3. The van der Waals surface area contributed by atoms with Crippen LogP contribution in [0.15, 0.2) is 21.1 Å². The molecule has 0 radical (unpaired) electrons. The minimum atomic E-state index is -3.27. The summed E-state index contributed by atoms with van der Waals surface area (Å²) in [6.45, 7) is 0.999. The number of halogens is 5. The van der Waals surface area contributed by atoms with Crippen LogP contribution < -0.4 is 11.1 Å². The molecule has 1 aliphatic rings. The molecule has 1 atom stereocenters. The molecule has 4 nitrogen and oxygen atoms in total. The zero-order valence-corrected chi connectivity index (χ0v) is 15.6. The van der Waals surface area contributed by atoms with Crippen molar-refractivity contribution in [3.8, 4) is 0 Å². The number of nitrogen functional groups attached to an aromatic ring is 1. The van der Waals surface area contributed by atoms with E-state index in [1.54, 1.807) is 17.0 Å². The summed E-state index contributed by atoms with van der Waals surface area (Å²) in [5.74, 6) is -3.27. The Labute approximate surface area is 151 Å². The number of piperazine rings is 1. The van der Waals surface area contributed by atoms with E-state index >= 15 is 0 Å². The van der Waals surface area contributed by atoms with Gasteiger partial charge in [-0.3, -0.25) is 4.90 Å². The lowest BCUT2D eigenvalue weighted by molar-refractivity contribution is -0.118. The Bertz CT molecular complexity index is 516. The monoisotopic (exact) mass is 463 g/mol. The van der Waals surface area contributed by atoms with Crippen LogP contribution in [-0.4, -0.2) is 48.7 Å². The first kappa shape index (κ1) is 20.1. The molecule has 1 aromatic carbocycles. The molecule has 1 aromatic rings. The fraction of sp³-hybridized carbons (Fsp3) is 0.538. The second-order valence-corrected chi connectivity index (χ2v) is 6.77. The van der Waals surface area contributed by atoms with E-state index in [0.29, 0.717) is 40.7 Å². The zero-order chi connectivity index (χ0) is 15.6. The lowest BCUT2D eigenvalue weighted by Gasteiger charge is -2.39. The van der Waals surface area contributed by atoms with Crippen LogP contribution in [0.5, 0.6) is 0 Å². The number of hydrogen-bond donors (Lipinski definition) is 3. The fourth-order valence-electron chi connectivity index (χ4n) is 2.55. The number of aliphatic hydroxyl groups is 1. The molecule has 4 N–H and O–H groups in total. The maximum Gasteiger partial charge on any atom is 0.289 e. The quantitative estimate of drug-likeness (QED) is 0.599. The molecule has 9 heteroatoms. The molecule has 0 spiro atoms. The van der Waals surface area contributed by atoms with E-state index in [-0.39, 0.29) is 18.1 Å². The van der Waals surface area contributed by atoms with E-state index in [4.69, 9.17) is 10.8 Å². The molecule has 126 valence electrons. The van der Waals surface area contributed by atoms with Gasteiger partial charge in [0.25, 0.3) is 5.92 Å². The number of nitrogens with one attached hydrogen (secondary N) is 1. The predicted molar refractivity (Wildman–Crippen MR) is 92.7 cm³/mol. The summed E-state index contributed by atoms with van der Waals surface area (Å²) in [5.41, 5.74) is 6.58. The van der Waals surface area contributed by atoms with Crippen molar-refractivity contribution in [2.45, 2.75) is 12.0 Å². The van der Waals surface area contributed by atoms with E-state index < -0.39 is 18.6 Å². The van der Waals surface area contributed by atoms with E-state index in [1.807, 2.05) is 0 Å². The van der Waals surface area contributed by atoms with Crippen molar-refractivity contribution in [3.05, 3.63) is 26.6 Å². The first-order valence-corrected chi connectivity index (χ1v) is 8.13. The van der Waals surface area contributed by atoms with E-state index in [2.05, 4.69) is 37.2 Å². The Kier molecular flexibility index (Phi) is 7.48. The summed E-state index contributed by atoms with van der Waals surface area (Å²) in [6, 6.07) is 2.06. The lowest BCUT2D eigenvalue weighted by atomic mass is 9.96. The average Bonchev–Trinajstić information content (AvgIpc) is 2.45. The molecule has 22 heavy (non-hydrogen) atoms. The standard InChI is InChI=1S/C13H17Br2F2N3O.ClH/c14-8-5-9(11(18)10(15)6-8)12(13(16,17)7-21)20-3-1-19-2-4-20;/h5-6,12,19,21H,1-4,7,18H2;1H/t12-;/m0./s1. The largest absolute Gasteiger partial charge is 0.398 e. The topological polar surface area (TPSA) is 61.5 Å². The fourth-order valence-corrected chi connectivity index (χ4v) is 3.81. The van der Waals surface area contributed by atoms with Gasteiger partial charge in [-0.1, -0.05) is 15.9 Å². The van der Waals surface area contributed by atoms with E-state index in [1.165, 1.54) is 0 Å². The van der Waals surface area contributed by atoms with Crippen LogP contribution in [0.2, 0.25) is 0 Å². The van der Waals surface area contributed by atoms with Gasteiger partial charge in [-0.2, -0.15) is 0 Å². The number of anilines is 1. The number of alkyl halides is 2. The second kappa shape index (κ2) is 8.21. The van der Waals surface area contributed by atoms with Crippen molar-refractivity contribution in [1.82, 2.24) is 10.2 Å². The van der Waals surface area contributed by atoms with Crippen molar-refractivity contribution >= 4 is 50.0 Å². The third-order valence-electron chi connectivity index (χ3n) is 3.55. The molecule has 0 aromatic heterocycles. The Morgan fingerprint density at radius 1 is 1.32 bits per heavy atom. The van der Waals surface area contributed by atoms with Gasteiger partial charge in [-0.15, -0.1) is 12.4 Å². The third kappa shape index (κ3) is 4.30. The van der Waals surface area contributed by atoms with Crippen LogP contribution >= 0.6 is 44.3 Å². The highest BCUT2D eigenvalue weighted by Crippen LogP contribution is 2.42. The van der Waals surface area contributed by atoms with Crippen LogP contribution in [0.3, 0.4) is 0 Å². The molecular weight excluding hydrogens is 447 g/mol. The highest BCUT2D eigenvalue weighted by atomic mass is 79.9. The number of nitrogens with zero attached hydrogens (tertiary/aromatic N) is 1. The first-order chi connectivity index (χ1) is 9.86. The van der Waals surface area contributed by atoms with Gasteiger partial charge in [0.05, 0.1) is 5.69 Å². The Morgan fingerprint density at radius 3 is 2.45 bits per heavy atom. The van der Waals surface area contributed by atoms with Crippen LogP contribution in [-0.2, 0) is 0 Å². The van der Waals surface area contributed by atoms with Crippen LogP contribution in [0.4, 0.5) is 14.5 Å². The molecule has 0 bridgehead atoms. The number of rotatable bonds is 4. The summed E-state index contributed by atoms with van der Waals surface area (Å²) in [6.07, 6.45) is 0. The van der Waals surface area contributed by atoms with Gasteiger partial charge >= 0.3 is 0 Å². The van der Waals surface area contributed by atoms with Crippen LogP contribution in [0, 0.1) is 0 Å². The Hall–Kier alpha value is 0.01000. The van der Waals surface area contributed by atoms with Crippen LogP contribution in [0.1, 0.15) is 11.6 Å². The summed E-state index contributed by atoms with van der Waals surface area (Å²) >= 11 is 6.59. The molecular formula is C13H18Br2ClF2N3O. The van der Waals surface area contributed by atoms with Gasteiger partial charge in [-0.05, 0) is 28.1 Å². The predicted octanol–water partition coefficient (Wildman–Crippen LogP) is 2.79. The van der Waals surface area contributed by atoms with E-state index in [0.717, 1.165) is 0 Å². The van der Waals surface area contributed by atoms with Crippen molar-refractivity contribution < 1.29 is 13.9 Å². The minimum absolute atomic E-state index is 0. The van der Waals surface area contributed by atoms with Crippen molar-refractivity contribution in [3.63, 3.8) is 0 Å². The molecule has 1 fully saturated rings. The number of hydrogen-bond acceptors (Lipinski definition) is 4. The molecule has 0 aliphatic carbocycles. The molecule has 0 unspecified atom stereocenters. The van der Waals surface area contributed by atoms with Gasteiger partial charge in [0, 0.05) is 40.7 Å². The zero-order valence-electron chi connectivity index (χ0n) is 11.7. The molecule has 1 heterocycles. The highest BCUT2D eigenvalue weighted by molar-refractivity contribution is 9.11. The van der Waals surface area contributed by atoms with Gasteiger partial charge in [0.15, 0.2) is 0 Å². The Morgan fingerprint density at radius 2 is 1.91 bits per heavy atom.